The SMILES string of the molecule is Cc1c(NC(=O)CN(Cc2ccccc2Cl)S(=O)(=O)c2ccc(Cl)cc2)cccc1[N+](=O)[O-]. The Kier molecular flexibility index (Phi) is 7.70. The number of hydrogen-bond donors (Lipinski definition) is 1. The van der Waals surface area contributed by atoms with Crippen molar-refractivity contribution < 1.29 is 18.1 Å². The summed E-state index contributed by atoms with van der Waals surface area (Å²) in [6, 6.07) is 16.5. The molecule has 0 saturated carbocycles. The van der Waals surface area contributed by atoms with Crippen LogP contribution in [0.2, 0.25) is 10.0 Å². The number of sulfonamides is 1. The molecule has 33 heavy (non-hydrogen) atoms. The number of hydrogen-bond acceptors (Lipinski definition) is 5. The van der Waals surface area contributed by atoms with Gasteiger partial charge >= 0.3 is 0 Å². The van der Waals surface area contributed by atoms with Crippen molar-refractivity contribution in [2.75, 3.05) is 11.9 Å². The lowest BCUT2D eigenvalue weighted by Crippen LogP contribution is -2.37. The largest absolute Gasteiger partial charge is 0.324 e. The van der Waals surface area contributed by atoms with Crippen LogP contribution in [0, 0.1) is 17.0 Å². The molecule has 0 aromatic heterocycles. The lowest BCUT2D eigenvalue weighted by atomic mass is 10.1. The molecule has 0 aliphatic heterocycles. The molecule has 0 radical (unpaired) electrons. The zero-order valence-corrected chi connectivity index (χ0v) is 19.7. The number of nitro groups is 1. The van der Waals surface area contributed by atoms with Crippen LogP contribution in [-0.2, 0) is 21.4 Å². The van der Waals surface area contributed by atoms with Gasteiger partial charge in [0.1, 0.15) is 0 Å². The topological polar surface area (TPSA) is 110 Å². The number of carbonyl (C=O) groups excluding carboxylic acids is 1. The van der Waals surface area contributed by atoms with Gasteiger partial charge in [-0.15, -0.1) is 0 Å². The van der Waals surface area contributed by atoms with E-state index in [0.717, 1.165) is 4.31 Å². The van der Waals surface area contributed by atoms with Crippen molar-refractivity contribution in [3.8, 4) is 0 Å². The third kappa shape index (κ3) is 5.88. The smallest absolute Gasteiger partial charge is 0.274 e. The maximum absolute atomic E-state index is 13.3. The minimum atomic E-state index is -4.10. The van der Waals surface area contributed by atoms with Crippen LogP contribution < -0.4 is 5.32 Å². The molecule has 0 aliphatic carbocycles. The van der Waals surface area contributed by atoms with E-state index in [-0.39, 0.29) is 28.4 Å². The molecule has 1 amide bonds. The Balaban J connectivity index is 1.92. The molecule has 1 N–H and O–H groups in total. The van der Waals surface area contributed by atoms with Crippen molar-refractivity contribution in [3.63, 3.8) is 0 Å². The Morgan fingerprint density at radius 3 is 2.33 bits per heavy atom. The molecule has 3 aromatic rings. The van der Waals surface area contributed by atoms with Crippen LogP contribution in [0.15, 0.2) is 71.6 Å². The van der Waals surface area contributed by atoms with E-state index in [1.54, 1.807) is 24.3 Å². The first-order chi connectivity index (χ1) is 15.6. The molecule has 3 rings (SSSR count). The van der Waals surface area contributed by atoms with E-state index in [4.69, 9.17) is 23.2 Å². The second-order valence-electron chi connectivity index (χ2n) is 7.07. The summed E-state index contributed by atoms with van der Waals surface area (Å²) in [4.78, 5) is 23.4. The molecule has 0 spiro atoms. The minimum absolute atomic E-state index is 0.0433. The van der Waals surface area contributed by atoms with Gasteiger partial charge in [-0.25, -0.2) is 8.42 Å². The number of anilines is 1. The summed E-state index contributed by atoms with van der Waals surface area (Å²) in [5, 5.41) is 14.5. The van der Waals surface area contributed by atoms with E-state index in [1.807, 2.05) is 0 Å². The first-order valence-electron chi connectivity index (χ1n) is 9.62. The molecule has 0 saturated heterocycles. The van der Waals surface area contributed by atoms with Crippen LogP contribution in [-0.4, -0.2) is 30.1 Å². The highest BCUT2D eigenvalue weighted by Gasteiger charge is 2.28. The molecule has 0 fully saturated rings. The number of halogens is 2. The second-order valence-corrected chi connectivity index (χ2v) is 9.85. The van der Waals surface area contributed by atoms with Crippen molar-refractivity contribution in [2.45, 2.75) is 18.4 Å². The fraction of sp³-hybridized carbons (Fsp3) is 0.136. The molecule has 0 unspecified atom stereocenters. The summed E-state index contributed by atoms with van der Waals surface area (Å²) in [7, 11) is -4.10. The van der Waals surface area contributed by atoms with Gasteiger partial charge in [0.15, 0.2) is 0 Å². The van der Waals surface area contributed by atoms with Gasteiger partial charge in [-0.3, -0.25) is 14.9 Å². The van der Waals surface area contributed by atoms with Crippen LogP contribution in [0.4, 0.5) is 11.4 Å². The number of nitro benzene ring substituents is 1. The van der Waals surface area contributed by atoms with Gasteiger partial charge in [0.05, 0.1) is 27.6 Å². The highest BCUT2D eigenvalue weighted by Crippen LogP contribution is 2.26. The van der Waals surface area contributed by atoms with Gasteiger partial charge in [-0.2, -0.15) is 4.31 Å². The number of benzene rings is 3. The summed E-state index contributed by atoms with van der Waals surface area (Å²) < 4.78 is 27.6. The van der Waals surface area contributed by atoms with Gasteiger partial charge in [0.2, 0.25) is 15.9 Å². The monoisotopic (exact) mass is 507 g/mol. The molecule has 8 nitrogen and oxygen atoms in total. The standard InChI is InChI=1S/C22H19Cl2N3O5S/c1-15-20(7-4-8-21(15)27(29)30)25-22(28)14-26(13-16-5-2-3-6-19(16)24)33(31,32)18-11-9-17(23)10-12-18/h2-12H,13-14H2,1H3,(H,25,28). The number of rotatable bonds is 8. The highest BCUT2D eigenvalue weighted by molar-refractivity contribution is 7.89. The predicted octanol–water partition coefficient (Wildman–Crippen LogP) is 5.04. The van der Waals surface area contributed by atoms with E-state index in [0.29, 0.717) is 15.6 Å². The van der Waals surface area contributed by atoms with E-state index in [2.05, 4.69) is 5.32 Å². The fourth-order valence-corrected chi connectivity index (χ4v) is 4.80. The van der Waals surface area contributed by atoms with Gasteiger partial charge < -0.3 is 5.32 Å². The molecule has 0 atom stereocenters. The average molecular weight is 508 g/mol. The zero-order valence-electron chi connectivity index (χ0n) is 17.4. The predicted molar refractivity (Wildman–Crippen MR) is 127 cm³/mol. The molecule has 0 bridgehead atoms. The molecule has 11 heteroatoms. The Morgan fingerprint density at radius 2 is 1.70 bits per heavy atom. The highest BCUT2D eigenvalue weighted by atomic mass is 35.5. The summed E-state index contributed by atoms with van der Waals surface area (Å²) >= 11 is 12.1. The zero-order chi connectivity index (χ0) is 24.2. The Hall–Kier alpha value is -2.98. The first kappa shape index (κ1) is 24.7. The molecule has 0 heterocycles. The molecule has 0 aliphatic rings. The lowest BCUT2D eigenvalue weighted by molar-refractivity contribution is -0.385. The summed E-state index contributed by atoms with van der Waals surface area (Å²) in [5.41, 5.74) is 0.829. The van der Waals surface area contributed by atoms with Gasteiger partial charge in [0.25, 0.3) is 5.69 Å². The van der Waals surface area contributed by atoms with E-state index >= 15 is 0 Å². The van der Waals surface area contributed by atoms with Gasteiger partial charge in [-0.1, -0.05) is 47.5 Å². The van der Waals surface area contributed by atoms with E-state index in [1.165, 1.54) is 49.4 Å². The van der Waals surface area contributed by atoms with Crippen molar-refractivity contribution in [2.24, 2.45) is 0 Å². The number of amides is 1. The third-order valence-electron chi connectivity index (χ3n) is 4.85. The molecule has 3 aromatic carbocycles. The van der Waals surface area contributed by atoms with Crippen LogP contribution >= 0.6 is 23.2 Å². The Bertz CT molecular complexity index is 1300. The molecular formula is C22H19Cl2N3O5S. The minimum Gasteiger partial charge on any atom is -0.324 e. The van der Waals surface area contributed by atoms with Gasteiger partial charge in [-0.05, 0) is 48.9 Å². The maximum atomic E-state index is 13.3. The fourth-order valence-electron chi connectivity index (χ4n) is 3.10. The van der Waals surface area contributed by atoms with Crippen LogP contribution in [0.5, 0.6) is 0 Å². The molecule has 172 valence electrons. The number of carbonyl (C=O) groups is 1. The first-order valence-corrected chi connectivity index (χ1v) is 11.8. The summed E-state index contributed by atoms with van der Waals surface area (Å²) in [6.45, 7) is 0.796. The van der Waals surface area contributed by atoms with E-state index in [9.17, 15) is 23.3 Å². The van der Waals surface area contributed by atoms with Crippen molar-refractivity contribution >= 4 is 50.5 Å². The number of nitrogens with zero attached hydrogens (tertiary/aromatic N) is 2. The summed E-state index contributed by atoms with van der Waals surface area (Å²) in [6.07, 6.45) is 0. The van der Waals surface area contributed by atoms with Crippen LogP contribution in [0.1, 0.15) is 11.1 Å². The summed E-state index contributed by atoms with van der Waals surface area (Å²) in [5.74, 6) is -0.664. The van der Waals surface area contributed by atoms with E-state index < -0.39 is 27.4 Å². The Labute approximate surface area is 200 Å². The number of nitrogens with one attached hydrogen (secondary N) is 1. The van der Waals surface area contributed by atoms with Crippen LogP contribution in [0.25, 0.3) is 0 Å². The molecular weight excluding hydrogens is 489 g/mol. The third-order valence-corrected chi connectivity index (χ3v) is 7.28. The van der Waals surface area contributed by atoms with Crippen molar-refractivity contribution in [1.29, 1.82) is 0 Å². The van der Waals surface area contributed by atoms with Crippen molar-refractivity contribution in [3.05, 3.63) is 98.0 Å². The average Bonchev–Trinajstić information content (AvgIpc) is 2.76. The van der Waals surface area contributed by atoms with Gasteiger partial charge in [0, 0.05) is 22.7 Å². The lowest BCUT2D eigenvalue weighted by Gasteiger charge is -2.22. The normalized spacial score (nSPS) is 11.4. The maximum Gasteiger partial charge on any atom is 0.274 e. The quantitative estimate of drug-likeness (QED) is 0.339. The van der Waals surface area contributed by atoms with Crippen molar-refractivity contribution in [1.82, 2.24) is 4.31 Å². The van der Waals surface area contributed by atoms with Crippen LogP contribution in [0.3, 0.4) is 0 Å². The second kappa shape index (κ2) is 10.3. The Morgan fingerprint density at radius 1 is 1.03 bits per heavy atom.